The van der Waals surface area contributed by atoms with E-state index >= 15 is 0 Å². The molecule has 0 saturated carbocycles. The fourth-order valence-corrected chi connectivity index (χ4v) is 3.95. The minimum Gasteiger partial charge on any atom is -0.368 e. The number of nitrogens with one attached hydrogen (secondary N) is 1. The van der Waals surface area contributed by atoms with E-state index in [1.165, 1.54) is 11.8 Å². The summed E-state index contributed by atoms with van der Waals surface area (Å²) in [7, 11) is 2.14. The van der Waals surface area contributed by atoms with Gasteiger partial charge in [-0.25, -0.2) is 0 Å². The highest BCUT2D eigenvalue weighted by Gasteiger charge is 2.23. The zero-order valence-corrected chi connectivity index (χ0v) is 15.4. The fourth-order valence-electron chi connectivity index (χ4n) is 2.54. The number of benzene rings is 1. The molecule has 1 aromatic rings. The van der Waals surface area contributed by atoms with E-state index < -0.39 is 0 Å². The number of likely N-dealkylation sites (N-methyl/N-ethyl adjacent to an activating group) is 1. The average molecular weight is 398 g/mol. The van der Waals surface area contributed by atoms with E-state index in [1.54, 1.807) is 0 Å². The molecular formula is C15H16BrN3OS2. The van der Waals surface area contributed by atoms with Gasteiger partial charge in [0.15, 0.2) is 0 Å². The summed E-state index contributed by atoms with van der Waals surface area (Å²) in [5.74, 6) is -0.112. The van der Waals surface area contributed by atoms with Crippen molar-refractivity contribution in [2.45, 2.75) is 0 Å². The monoisotopic (exact) mass is 397 g/mol. The number of hydrogen-bond acceptors (Lipinski definition) is 5. The zero-order chi connectivity index (χ0) is 15.7. The van der Waals surface area contributed by atoms with E-state index in [0.717, 1.165) is 41.9 Å². The number of halogens is 1. The van der Waals surface area contributed by atoms with E-state index in [9.17, 15) is 4.79 Å². The fraction of sp³-hybridized carbons (Fsp3) is 0.333. The highest BCUT2D eigenvalue weighted by Crippen LogP contribution is 2.32. The molecule has 1 N–H and O–H groups in total. The van der Waals surface area contributed by atoms with Crippen LogP contribution in [0.15, 0.2) is 27.6 Å². The van der Waals surface area contributed by atoms with Crippen LogP contribution in [0.25, 0.3) is 6.08 Å². The first-order valence-corrected chi connectivity index (χ1v) is 9.02. The lowest BCUT2D eigenvalue weighted by atomic mass is 10.1. The minimum atomic E-state index is -0.112. The summed E-state index contributed by atoms with van der Waals surface area (Å²) in [6.45, 7) is 4.08. The van der Waals surface area contributed by atoms with Crippen LogP contribution in [0.1, 0.15) is 5.56 Å². The van der Waals surface area contributed by atoms with Crippen molar-refractivity contribution in [1.82, 2.24) is 10.2 Å². The van der Waals surface area contributed by atoms with Crippen LogP contribution >= 0.6 is 39.9 Å². The molecule has 1 aromatic carbocycles. The molecule has 2 heterocycles. The summed E-state index contributed by atoms with van der Waals surface area (Å²) in [4.78, 5) is 17.2. The van der Waals surface area contributed by atoms with Crippen LogP contribution in [0.3, 0.4) is 0 Å². The lowest BCUT2D eigenvalue weighted by molar-refractivity contribution is -0.115. The van der Waals surface area contributed by atoms with E-state index in [0.29, 0.717) is 9.23 Å². The van der Waals surface area contributed by atoms with Gasteiger partial charge in [-0.1, -0.05) is 39.9 Å². The van der Waals surface area contributed by atoms with Gasteiger partial charge in [-0.3, -0.25) is 4.79 Å². The Morgan fingerprint density at radius 1 is 1.32 bits per heavy atom. The normalized spacial score (nSPS) is 21.5. The molecule has 0 unspecified atom stereocenters. The predicted octanol–water partition coefficient (Wildman–Crippen LogP) is 2.69. The molecule has 116 valence electrons. The first kappa shape index (κ1) is 16.0. The Bertz CT molecular complexity index is 654. The molecule has 7 heteroatoms. The van der Waals surface area contributed by atoms with Crippen LogP contribution in [-0.2, 0) is 4.79 Å². The molecule has 1 amide bonds. The summed E-state index contributed by atoms with van der Waals surface area (Å²) in [6, 6.07) is 6.20. The van der Waals surface area contributed by atoms with Gasteiger partial charge >= 0.3 is 0 Å². The third kappa shape index (κ3) is 3.53. The number of nitrogens with zero attached hydrogens (tertiary/aromatic N) is 2. The molecule has 3 rings (SSSR count). The Morgan fingerprint density at radius 3 is 2.68 bits per heavy atom. The van der Waals surface area contributed by atoms with E-state index in [-0.39, 0.29) is 5.91 Å². The van der Waals surface area contributed by atoms with Gasteiger partial charge in [0.05, 0.1) is 4.91 Å². The Kier molecular flexibility index (Phi) is 4.87. The van der Waals surface area contributed by atoms with Gasteiger partial charge in [-0.15, -0.1) is 0 Å². The molecule has 2 fully saturated rings. The van der Waals surface area contributed by atoms with Crippen LogP contribution in [0.2, 0.25) is 0 Å². The number of rotatable bonds is 2. The van der Waals surface area contributed by atoms with E-state index in [2.05, 4.69) is 50.2 Å². The number of thiocarbonyl (C=S) groups is 1. The van der Waals surface area contributed by atoms with E-state index in [1.807, 2.05) is 12.1 Å². The van der Waals surface area contributed by atoms with Crippen LogP contribution in [0.5, 0.6) is 0 Å². The van der Waals surface area contributed by atoms with Crippen LogP contribution in [0.4, 0.5) is 5.69 Å². The van der Waals surface area contributed by atoms with Crippen molar-refractivity contribution in [2.24, 2.45) is 0 Å². The minimum absolute atomic E-state index is 0.112. The van der Waals surface area contributed by atoms with Crippen LogP contribution in [-0.4, -0.2) is 48.4 Å². The van der Waals surface area contributed by atoms with Gasteiger partial charge in [0.1, 0.15) is 4.32 Å². The molecule has 2 saturated heterocycles. The first-order valence-electron chi connectivity index (χ1n) is 7.01. The van der Waals surface area contributed by atoms with Crippen molar-refractivity contribution in [3.8, 4) is 0 Å². The number of amides is 1. The molecule has 2 aliphatic rings. The smallest absolute Gasteiger partial charge is 0.263 e. The van der Waals surface area contributed by atoms with Crippen LogP contribution in [0, 0.1) is 0 Å². The van der Waals surface area contributed by atoms with Crippen molar-refractivity contribution in [3.63, 3.8) is 0 Å². The van der Waals surface area contributed by atoms with Gasteiger partial charge < -0.3 is 15.1 Å². The Balaban J connectivity index is 1.93. The maximum Gasteiger partial charge on any atom is 0.263 e. The second kappa shape index (κ2) is 6.70. The number of anilines is 1. The number of hydrogen-bond donors (Lipinski definition) is 1. The lowest BCUT2D eigenvalue weighted by Gasteiger charge is -2.35. The summed E-state index contributed by atoms with van der Waals surface area (Å²) in [6.07, 6.45) is 1.93. The third-order valence-corrected chi connectivity index (χ3v) is 5.42. The summed E-state index contributed by atoms with van der Waals surface area (Å²) in [5.41, 5.74) is 2.20. The first-order chi connectivity index (χ1) is 10.5. The second-order valence-electron chi connectivity index (χ2n) is 5.35. The molecule has 0 aromatic heterocycles. The molecule has 2 aliphatic heterocycles. The molecular weight excluding hydrogens is 382 g/mol. The Labute approximate surface area is 148 Å². The lowest BCUT2D eigenvalue weighted by Crippen LogP contribution is -2.44. The zero-order valence-electron chi connectivity index (χ0n) is 12.1. The highest BCUT2D eigenvalue weighted by molar-refractivity contribution is 9.10. The van der Waals surface area contributed by atoms with Gasteiger partial charge in [0.25, 0.3) is 5.91 Å². The van der Waals surface area contributed by atoms with Crippen molar-refractivity contribution >= 4 is 61.9 Å². The molecule has 4 nitrogen and oxygen atoms in total. The van der Waals surface area contributed by atoms with E-state index in [4.69, 9.17) is 12.2 Å². The second-order valence-corrected chi connectivity index (χ2v) is 7.98. The largest absolute Gasteiger partial charge is 0.368 e. The molecule has 0 spiro atoms. The number of thioether (sulfide) groups is 1. The van der Waals surface area contributed by atoms with Crippen molar-refractivity contribution < 1.29 is 4.79 Å². The Morgan fingerprint density at radius 2 is 2.05 bits per heavy atom. The van der Waals surface area contributed by atoms with Gasteiger partial charge in [-0.05, 0) is 31.3 Å². The van der Waals surface area contributed by atoms with Crippen molar-refractivity contribution in [2.75, 3.05) is 38.1 Å². The summed E-state index contributed by atoms with van der Waals surface area (Å²) in [5, 5.41) is 2.66. The third-order valence-electron chi connectivity index (χ3n) is 3.76. The molecule has 0 bridgehead atoms. The molecule has 0 atom stereocenters. The number of carbonyl (C=O) groups is 1. The number of piperazine rings is 1. The van der Waals surface area contributed by atoms with Gasteiger partial charge in [0, 0.05) is 41.9 Å². The topological polar surface area (TPSA) is 35.6 Å². The van der Waals surface area contributed by atoms with Crippen molar-refractivity contribution in [3.05, 3.63) is 33.1 Å². The Hall–Kier alpha value is -0.890. The average Bonchev–Trinajstić information content (AvgIpc) is 2.78. The number of carbonyl (C=O) groups excluding carboxylic acids is 1. The van der Waals surface area contributed by atoms with Crippen molar-refractivity contribution in [1.29, 1.82) is 0 Å². The van der Waals surface area contributed by atoms with Gasteiger partial charge in [-0.2, -0.15) is 0 Å². The summed E-state index contributed by atoms with van der Waals surface area (Å²) < 4.78 is 1.52. The van der Waals surface area contributed by atoms with Gasteiger partial charge in [0.2, 0.25) is 0 Å². The highest BCUT2D eigenvalue weighted by atomic mass is 79.9. The standard InChI is InChI=1S/C15H16BrN3OS2/c1-18-4-6-19(7-5-18)12-3-2-11(16)8-10(12)9-13-14(20)17-15(21)22-13/h2-3,8-9H,4-7H2,1H3,(H,17,20,21). The quantitative estimate of drug-likeness (QED) is 0.612. The maximum absolute atomic E-state index is 11.9. The van der Waals surface area contributed by atoms with Crippen LogP contribution < -0.4 is 10.2 Å². The molecule has 22 heavy (non-hydrogen) atoms. The SMILES string of the molecule is CN1CCN(c2ccc(Br)cc2C=C2SC(=S)NC2=O)CC1. The predicted molar refractivity (Wildman–Crippen MR) is 100 cm³/mol. The molecule has 0 aliphatic carbocycles. The maximum atomic E-state index is 11.9. The summed E-state index contributed by atoms with van der Waals surface area (Å²) >= 11 is 9.89. The molecule has 0 radical (unpaired) electrons.